The Balaban J connectivity index is 2.16. The lowest BCUT2D eigenvalue weighted by atomic mass is 10.1. The van der Waals surface area contributed by atoms with Crippen LogP contribution in [0.5, 0.6) is 0 Å². The van der Waals surface area contributed by atoms with E-state index in [0.29, 0.717) is 12.4 Å². The van der Waals surface area contributed by atoms with E-state index >= 15 is 0 Å². The minimum atomic E-state index is -0.242. The topological polar surface area (TPSA) is 61.4 Å². The Morgan fingerprint density at radius 3 is 2.88 bits per heavy atom. The smallest absolute Gasteiger partial charge is 0.272 e. The van der Waals surface area contributed by atoms with Gasteiger partial charge >= 0.3 is 0 Å². The number of fused-ring (bicyclic) bond motifs is 3. The van der Waals surface area contributed by atoms with Gasteiger partial charge in [-0.3, -0.25) is 9.59 Å². The summed E-state index contributed by atoms with van der Waals surface area (Å²) in [6.07, 6.45) is 1.31. The van der Waals surface area contributed by atoms with Crippen molar-refractivity contribution in [3.05, 3.63) is 36.0 Å². The maximum Gasteiger partial charge on any atom is 0.272 e. The van der Waals surface area contributed by atoms with Crippen molar-refractivity contribution in [3.63, 3.8) is 0 Å². The summed E-state index contributed by atoms with van der Waals surface area (Å²) in [5, 5.41) is 5.42. The van der Waals surface area contributed by atoms with Crippen LogP contribution in [0.2, 0.25) is 0 Å². The molecule has 80 valence electrons. The number of nitrogens with zero attached hydrogens (tertiary/aromatic N) is 1. The molecule has 0 aromatic heterocycles. The third-order valence-corrected chi connectivity index (χ3v) is 2.65. The average molecular weight is 215 g/mol. The maximum atomic E-state index is 11.7. The molecule has 0 bridgehead atoms. The lowest BCUT2D eigenvalue weighted by Crippen LogP contribution is -2.47. The lowest BCUT2D eigenvalue weighted by molar-refractivity contribution is -0.118. The van der Waals surface area contributed by atoms with E-state index < -0.39 is 0 Å². The number of hydrogen-bond acceptors (Lipinski definition) is 3. The van der Waals surface area contributed by atoms with Crippen LogP contribution in [0.1, 0.15) is 0 Å². The van der Waals surface area contributed by atoms with Gasteiger partial charge in [-0.05, 0) is 12.1 Å². The van der Waals surface area contributed by atoms with Gasteiger partial charge in [-0.15, -0.1) is 0 Å². The molecular weight excluding hydrogens is 206 g/mol. The zero-order valence-electron chi connectivity index (χ0n) is 8.36. The quantitative estimate of drug-likeness (QED) is 0.659. The Hall–Kier alpha value is -2.30. The molecule has 0 atom stereocenters. The van der Waals surface area contributed by atoms with Gasteiger partial charge in [-0.1, -0.05) is 12.1 Å². The highest BCUT2D eigenvalue weighted by Crippen LogP contribution is 2.33. The van der Waals surface area contributed by atoms with Gasteiger partial charge in [0.1, 0.15) is 5.70 Å². The number of anilines is 2. The Kier molecular flexibility index (Phi) is 1.73. The van der Waals surface area contributed by atoms with Gasteiger partial charge in [0.25, 0.3) is 5.91 Å². The van der Waals surface area contributed by atoms with Crippen molar-refractivity contribution in [3.8, 4) is 0 Å². The average Bonchev–Trinajstić information content (AvgIpc) is 2.29. The monoisotopic (exact) mass is 215 g/mol. The number of hydrogen-bond donors (Lipinski definition) is 2. The fraction of sp³-hybridized carbons (Fsp3) is 0.0909. The van der Waals surface area contributed by atoms with Crippen LogP contribution < -0.4 is 15.5 Å². The van der Waals surface area contributed by atoms with Crippen molar-refractivity contribution in [1.29, 1.82) is 0 Å². The summed E-state index contributed by atoms with van der Waals surface area (Å²) in [6.45, 7) is 0.328. The second kappa shape index (κ2) is 3.10. The molecule has 2 aliphatic heterocycles. The van der Waals surface area contributed by atoms with Gasteiger partial charge in [0, 0.05) is 6.08 Å². The second-order valence-corrected chi connectivity index (χ2v) is 3.63. The predicted molar refractivity (Wildman–Crippen MR) is 58.6 cm³/mol. The molecule has 0 radical (unpaired) electrons. The molecule has 5 heteroatoms. The summed E-state index contributed by atoms with van der Waals surface area (Å²) < 4.78 is 0. The molecule has 2 heterocycles. The first-order chi connectivity index (χ1) is 7.75. The minimum absolute atomic E-state index is 0.235. The Bertz CT molecular complexity index is 522. The first-order valence-electron chi connectivity index (χ1n) is 4.93. The van der Waals surface area contributed by atoms with Gasteiger partial charge in [0.2, 0.25) is 5.91 Å². The van der Waals surface area contributed by atoms with Crippen LogP contribution in [0.15, 0.2) is 36.0 Å². The van der Waals surface area contributed by atoms with Crippen molar-refractivity contribution in [1.82, 2.24) is 5.32 Å². The van der Waals surface area contributed by atoms with Crippen LogP contribution in [0.4, 0.5) is 11.4 Å². The number of carbonyl (C=O) groups is 2. The van der Waals surface area contributed by atoms with Gasteiger partial charge in [0.15, 0.2) is 0 Å². The third-order valence-electron chi connectivity index (χ3n) is 2.65. The highest BCUT2D eigenvalue weighted by molar-refractivity contribution is 6.15. The molecule has 0 saturated heterocycles. The van der Waals surface area contributed by atoms with Crippen LogP contribution >= 0.6 is 0 Å². The number of benzene rings is 1. The summed E-state index contributed by atoms with van der Waals surface area (Å²) in [7, 11) is 0. The highest BCUT2D eigenvalue weighted by atomic mass is 16.2. The molecule has 5 nitrogen and oxygen atoms in total. The van der Waals surface area contributed by atoms with Crippen LogP contribution in [-0.2, 0) is 9.59 Å². The maximum absolute atomic E-state index is 11.7. The number of carbonyl (C=O) groups excluding carboxylic acids is 2. The van der Waals surface area contributed by atoms with Gasteiger partial charge < -0.3 is 15.5 Å². The van der Waals surface area contributed by atoms with E-state index in [9.17, 15) is 9.59 Å². The minimum Gasteiger partial charge on any atom is -0.335 e. The van der Waals surface area contributed by atoms with Gasteiger partial charge in [0.05, 0.1) is 18.0 Å². The Labute approximate surface area is 91.7 Å². The molecule has 0 saturated carbocycles. The number of nitrogens with one attached hydrogen (secondary N) is 2. The Morgan fingerprint density at radius 1 is 1.19 bits per heavy atom. The number of amides is 2. The predicted octanol–water partition coefficient (Wildman–Crippen LogP) is 0.416. The Morgan fingerprint density at radius 2 is 2.00 bits per heavy atom. The molecule has 0 aliphatic carbocycles. The molecule has 16 heavy (non-hydrogen) atoms. The summed E-state index contributed by atoms with van der Waals surface area (Å²) in [5.74, 6) is -0.477. The molecule has 0 fully saturated rings. The van der Waals surface area contributed by atoms with Crippen LogP contribution in [0.25, 0.3) is 0 Å². The number of rotatable bonds is 0. The third kappa shape index (κ3) is 1.18. The van der Waals surface area contributed by atoms with E-state index in [1.54, 1.807) is 4.90 Å². The molecular formula is C11H9N3O2. The summed E-state index contributed by atoms with van der Waals surface area (Å²) in [4.78, 5) is 24.7. The van der Waals surface area contributed by atoms with E-state index in [4.69, 9.17) is 0 Å². The van der Waals surface area contributed by atoms with E-state index in [-0.39, 0.29) is 11.8 Å². The van der Waals surface area contributed by atoms with E-state index in [1.165, 1.54) is 6.08 Å². The largest absolute Gasteiger partial charge is 0.335 e. The standard InChI is InChI=1S/C11H9N3O2/c15-10-5-9-11(16)13-7-3-1-2-4-8(7)14(9)6-12-10/h1-5H,6H2,(H,12,15)(H,13,16). The van der Waals surface area contributed by atoms with E-state index in [1.807, 2.05) is 24.3 Å². The molecule has 0 spiro atoms. The van der Waals surface area contributed by atoms with Crippen LogP contribution in [0, 0.1) is 0 Å². The van der Waals surface area contributed by atoms with Crippen molar-refractivity contribution >= 4 is 23.2 Å². The first kappa shape index (κ1) is 8.96. The van der Waals surface area contributed by atoms with Crippen molar-refractivity contribution < 1.29 is 9.59 Å². The fourth-order valence-electron chi connectivity index (χ4n) is 1.90. The van der Waals surface area contributed by atoms with Crippen LogP contribution in [0.3, 0.4) is 0 Å². The van der Waals surface area contributed by atoms with Gasteiger partial charge in [-0.25, -0.2) is 0 Å². The first-order valence-corrected chi connectivity index (χ1v) is 4.93. The molecule has 0 unspecified atom stereocenters. The van der Waals surface area contributed by atoms with Crippen molar-refractivity contribution in [2.75, 3.05) is 16.9 Å². The molecule has 2 amide bonds. The van der Waals surface area contributed by atoms with E-state index in [0.717, 1.165) is 11.4 Å². The molecule has 2 aliphatic rings. The van der Waals surface area contributed by atoms with Gasteiger partial charge in [-0.2, -0.15) is 0 Å². The summed E-state index contributed by atoms with van der Waals surface area (Å²) >= 11 is 0. The lowest BCUT2D eigenvalue weighted by Gasteiger charge is -2.34. The molecule has 3 rings (SSSR count). The zero-order chi connectivity index (χ0) is 11.1. The zero-order valence-corrected chi connectivity index (χ0v) is 8.36. The second-order valence-electron chi connectivity index (χ2n) is 3.63. The summed E-state index contributed by atoms with van der Waals surface area (Å²) in [5.41, 5.74) is 2.05. The fourth-order valence-corrected chi connectivity index (χ4v) is 1.90. The van der Waals surface area contributed by atoms with Crippen molar-refractivity contribution in [2.45, 2.75) is 0 Å². The number of para-hydroxylation sites is 2. The normalized spacial score (nSPS) is 18.0. The highest BCUT2D eigenvalue weighted by Gasteiger charge is 2.30. The summed E-state index contributed by atoms with van der Waals surface area (Å²) in [6, 6.07) is 7.49. The van der Waals surface area contributed by atoms with Crippen molar-refractivity contribution in [2.24, 2.45) is 0 Å². The SMILES string of the molecule is O=C1C=C2C(=O)Nc3ccccc3N2CN1. The van der Waals surface area contributed by atoms with Crippen LogP contribution in [-0.4, -0.2) is 18.5 Å². The van der Waals surface area contributed by atoms with E-state index in [2.05, 4.69) is 10.6 Å². The molecule has 1 aromatic rings. The molecule has 1 aromatic carbocycles. The molecule has 2 N–H and O–H groups in total.